The van der Waals surface area contributed by atoms with Crippen LogP contribution in [0.3, 0.4) is 0 Å². The Morgan fingerprint density at radius 2 is 2.14 bits per heavy atom. The van der Waals surface area contributed by atoms with Crippen molar-refractivity contribution in [2.45, 2.75) is 57.2 Å². The van der Waals surface area contributed by atoms with Crippen molar-refractivity contribution in [3.8, 4) is 17.1 Å². The van der Waals surface area contributed by atoms with E-state index >= 15 is 0 Å². The van der Waals surface area contributed by atoms with Gasteiger partial charge >= 0.3 is 5.97 Å². The number of carbonyl (C=O) groups excluding carboxylic acids is 1. The van der Waals surface area contributed by atoms with Gasteiger partial charge in [-0.3, -0.25) is 4.79 Å². The number of rotatable bonds is 5. The van der Waals surface area contributed by atoms with Gasteiger partial charge in [-0.25, -0.2) is 0 Å². The SMILES string of the molecule is CC1Cc2ccc(-c3cc(COC(=O)C4(c5cccs5)CCCC4)no3)cc2O1. The molecular weight excluding hydrogens is 386 g/mol. The summed E-state index contributed by atoms with van der Waals surface area (Å²) in [5.74, 6) is 1.40. The predicted octanol–water partition coefficient (Wildman–Crippen LogP) is 5.28. The smallest absolute Gasteiger partial charge is 0.317 e. The molecule has 29 heavy (non-hydrogen) atoms. The van der Waals surface area contributed by atoms with Crippen LogP contribution >= 0.6 is 11.3 Å². The molecule has 0 radical (unpaired) electrons. The van der Waals surface area contributed by atoms with Crippen LogP contribution in [0.2, 0.25) is 0 Å². The van der Waals surface area contributed by atoms with E-state index in [9.17, 15) is 4.79 Å². The fourth-order valence-electron chi connectivity index (χ4n) is 4.43. The molecule has 0 N–H and O–H groups in total. The van der Waals surface area contributed by atoms with Crippen molar-refractivity contribution in [1.29, 1.82) is 0 Å². The van der Waals surface area contributed by atoms with E-state index in [1.54, 1.807) is 11.3 Å². The second-order valence-electron chi connectivity index (χ2n) is 7.98. The lowest BCUT2D eigenvalue weighted by Gasteiger charge is -2.25. The van der Waals surface area contributed by atoms with E-state index in [2.05, 4.69) is 18.1 Å². The van der Waals surface area contributed by atoms with E-state index in [1.807, 2.05) is 35.7 Å². The number of nitrogens with zero attached hydrogens (tertiary/aromatic N) is 1. The van der Waals surface area contributed by atoms with E-state index in [0.29, 0.717) is 11.5 Å². The molecule has 0 amide bonds. The summed E-state index contributed by atoms with van der Waals surface area (Å²) < 4.78 is 17.0. The van der Waals surface area contributed by atoms with E-state index in [0.717, 1.165) is 48.3 Å². The largest absolute Gasteiger partial charge is 0.490 e. The second kappa shape index (κ2) is 7.34. The second-order valence-corrected chi connectivity index (χ2v) is 8.93. The van der Waals surface area contributed by atoms with Crippen LogP contribution in [0.5, 0.6) is 5.75 Å². The molecule has 0 saturated heterocycles. The Hall–Kier alpha value is -2.60. The van der Waals surface area contributed by atoms with E-state index in [1.165, 1.54) is 5.56 Å². The molecule has 3 aromatic rings. The minimum Gasteiger partial charge on any atom is -0.490 e. The van der Waals surface area contributed by atoms with Crippen molar-refractivity contribution >= 4 is 17.3 Å². The Bertz CT molecular complexity index is 1020. The lowest BCUT2D eigenvalue weighted by molar-refractivity contribution is -0.152. The number of thiophene rings is 1. The highest BCUT2D eigenvalue weighted by Crippen LogP contribution is 2.44. The third-order valence-electron chi connectivity index (χ3n) is 5.94. The van der Waals surface area contributed by atoms with Crippen molar-refractivity contribution in [2.75, 3.05) is 0 Å². The molecular formula is C23H23NO4S. The van der Waals surface area contributed by atoms with Crippen LogP contribution in [0.4, 0.5) is 0 Å². The molecule has 5 nitrogen and oxygen atoms in total. The molecule has 5 rings (SSSR count). The minimum atomic E-state index is -0.491. The van der Waals surface area contributed by atoms with Crippen molar-refractivity contribution in [3.05, 3.63) is 57.9 Å². The zero-order valence-corrected chi connectivity index (χ0v) is 17.2. The topological polar surface area (TPSA) is 61.6 Å². The fraction of sp³-hybridized carbons (Fsp3) is 0.391. The quantitative estimate of drug-likeness (QED) is 0.537. The Morgan fingerprint density at radius 1 is 1.28 bits per heavy atom. The molecule has 1 fully saturated rings. The van der Waals surface area contributed by atoms with Crippen LogP contribution < -0.4 is 4.74 Å². The average Bonchev–Trinajstić information content (AvgIpc) is 3.51. The molecule has 1 saturated carbocycles. The Morgan fingerprint density at radius 3 is 2.93 bits per heavy atom. The van der Waals surface area contributed by atoms with Crippen molar-refractivity contribution < 1.29 is 18.8 Å². The summed E-state index contributed by atoms with van der Waals surface area (Å²) in [4.78, 5) is 14.1. The summed E-state index contributed by atoms with van der Waals surface area (Å²) in [6, 6.07) is 11.9. The van der Waals surface area contributed by atoms with Crippen LogP contribution in [0, 0.1) is 0 Å². The Labute approximate surface area is 173 Å². The molecule has 1 aliphatic heterocycles. The van der Waals surface area contributed by atoms with Gasteiger partial charge in [0.2, 0.25) is 0 Å². The van der Waals surface area contributed by atoms with Crippen LogP contribution in [-0.2, 0) is 28.0 Å². The van der Waals surface area contributed by atoms with Gasteiger partial charge in [-0.15, -0.1) is 11.3 Å². The lowest BCUT2D eigenvalue weighted by atomic mass is 9.84. The first-order chi connectivity index (χ1) is 14.1. The maximum atomic E-state index is 13.0. The molecule has 3 heterocycles. The first-order valence-corrected chi connectivity index (χ1v) is 11.0. The van der Waals surface area contributed by atoms with Gasteiger partial charge < -0.3 is 14.0 Å². The molecule has 2 aliphatic rings. The average molecular weight is 410 g/mol. The van der Waals surface area contributed by atoms with Crippen LogP contribution in [-0.4, -0.2) is 17.2 Å². The Balaban J connectivity index is 1.29. The maximum Gasteiger partial charge on any atom is 0.317 e. The van der Waals surface area contributed by atoms with Gasteiger partial charge in [0.1, 0.15) is 29.6 Å². The lowest BCUT2D eigenvalue weighted by Crippen LogP contribution is -2.33. The van der Waals surface area contributed by atoms with Gasteiger partial charge in [-0.2, -0.15) is 0 Å². The van der Waals surface area contributed by atoms with E-state index in [-0.39, 0.29) is 18.7 Å². The summed E-state index contributed by atoms with van der Waals surface area (Å²) in [7, 11) is 0. The first kappa shape index (κ1) is 18.4. The van der Waals surface area contributed by atoms with Crippen molar-refractivity contribution in [3.63, 3.8) is 0 Å². The summed E-state index contributed by atoms with van der Waals surface area (Å²) >= 11 is 1.63. The normalized spacial score (nSPS) is 19.7. The molecule has 1 unspecified atom stereocenters. The molecule has 2 aromatic heterocycles. The van der Waals surface area contributed by atoms with Crippen LogP contribution in [0.15, 0.2) is 46.3 Å². The fourth-order valence-corrected chi connectivity index (χ4v) is 5.40. The number of hydrogen-bond acceptors (Lipinski definition) is 6. The summed E-state index contributed by atoms with van der Waals surface area (Å²) in [6.45, 7) is 2.18. The maximum absolute atomic E-state index is 13.0. The third kappa shape index (κ3) is 3.35. The standard InChI is InChI=1S/C23H23NO4S/c1-15-11-16-6-7-17(12-19(16)27-15)20-13-18(24-28-20)14-26-22(25)23(8-2-3-9-23)21-5-4-10-29-21/h4-7,10,12-13,15H,2-3,8-9,11,14H2,1H3. The number of ether oxygens (including phenoxy) is 2. The number of benzene rings is 1. The summed E-state index contributed by atoms with van der Waals surface area (Å²) in [6.07, 6.45) is 4.95. The molecule has 1 atom stereocenters. The molecule has 0 spiro atoms. The molecule has 150 valence electrons. The van der Waals surface area contributed by atoms with Crippen molar-refractivity contribution in [1.82, 2.24) is 5.16 Å². The number of carbonyl (C=O) groups is 1. The van der Waals surface area contributed by atoms with Gasteiger partial charge in [0.15, 0.2) is 5.76 Å². The third-order valence-corrected chi connectivity index (χ3v) is 7.01. The number of esters is 1. The highest BCUT2D eigenvalue weighted by Gasteiger charge is 2.45. The molecule has 1 aromatic carbocycles. The summed E-state index contributed by atoms with van der Waals surface area (Å²) in [5, 5.41) is 6.12. The highest BCUT2D eigenvalue weighted by molar-refractivity contribution is 7.10. The Kier molecular flexibility index (Phi) is 4.66. The van der Waals surface area contributed by atoms with Gasteiger partial charge in [-0.1, -0.05) is 36.2 Å². The van der Waals surface area contributed by atoms with Crippen LogP contribution in [0.1, 0.15) is 48.7 Å². The zero-order chi connectivity index (χ0) is 19.8. The van der Waals surface area contributed by atoms with Crippen molar-refractivity contribution in [2.24, 2.45) is 0 Å². The highest BCUT2D eigenvalue weighted by atomic mass is 32.1. The van der Waals surface area contributed by atoms with Gasteiger partial charge in [0.05, 0.1) is 0 Å². The monoisotopic (exact) mass is 409 g/mol. The zero-order valence-electron chi connectivity index (χ0n) is 16.3. The number of aromatic nitrogens is 1. The molecule has 6 heteroatoms. The first-order valence-electron chi connectivity index (χ1n) is 10.1. The molecule has 1 aliphatic carbocycles. The van der Waals surface area contributed by atoms with Gasteiger partial charge in [0, 0.05) is 22.9 Å². The van der Waals surface area contributed by atoms with Crippen LogP contribution in [0.25, 0.3) is 11.3 Å². The number of fused-ring (bicyclic) bond motifs is 1. The van der Waals surface area contributed by atoms with E-state index < -0.39 is 5.41 Å². The molecule has 0 bridgehead atoms. The predicted molar refractivity (Wildman–Crippen MR) is 110 cm³/mol. The summed E-state index contributed by atoms with van der Waals surface area (Å²) in [5.41, 5.74) is 2.25. The van der Waals surface area contributed by atoms with Gasteiger partial charge in [-0.05, 0) is 42.8 Å². The van der Waals surface area contributed by atoms with E-state index in [4.69, 9.17) is 14.0 Å². The number of hydrogen-bond donors (Lipinski definition) is 0. The minimum absolute atomic E-state index is 0.119. The van der Waals surface area contributed by atoms with Gasteiger partial charge in [0.25, 0.3) is 0 Å².